The first kappa shape index (κ1) is 49.1. The molecule has 4 aliphatic rings. The predicted molar refractivity (Wildman–Crippen MR) is 251 cm³/mol. The van der Waals surface area contributed by atoms with E-state index < -0.39 is 16.5 Å². The Morgan fingerprint density at radius 1 is 0.776 bits per heavy atom. The van der Waals surface area contributed by atoms with Crippen LogP contribution in [-0.2, 0) is 41.3 Å². The number of fused-ring (bicyclic) bond motifs is 4. The Bertz CT molecular complexity index is 2760. The molecule has 6 aromatic rings. The van der Waals surface area contributed by atoms with Crippen molar-refractivity contribution >= 4 is 66.4 Å². The van der Waals surface area contributed by atoms with E-state index in [4.69, 9.17) is 34.1 Å². The van der Waals surface area contributed by atoms with Gasteiger partial charge in [0.2, 0.25) is 20.1 Å². The van der Waals surface area contributed by atoms with Crippen LogP contribution in [0.4, 0.5) is 4.39 Å². The van der Waals surface area contributed by atoms with E-state index in [9.17, 15) is 18.2 Å². The summed E-state index contributed by atoms with van der Waals surface area (Å²) in [7, 11) is -2.04. The van der Waals surface area contributed by atoms with Crippen molar-refractivity contribution in [3.05, 3.63) is 131 Å². The summed E-state index contributed by atoms with van der Waals surface area (Å²) in [6.07, 6.45) is 10.4. The number of carbonyl (C=O) groups excluding carboxylic acids is 2. The first-order chi connectivity index (χ1) is 32.2. The van der Waals surface area contributed by atoms with Gasteiger partial charge in [0, 0.05) is 52.5 Å². The van der Waals surface area contributed by atoms with Crippen LogP contribution < -0.4 is 44.3 Å². The molecule has 0 aliphatic heterocycles. The van der Waals surface area contributed by atoms with Crippen molar-refractivity contribution in [2.45, 2.75) is 62.8 Å². The molecule has 8 atom stereocenters. The van der Waals surface area contributed by atoms with E-state index in [0.29, 0.717) is 52.6 Å². The van der Waals surface area contributed by atoms with Crippen LogP contribution in [0.3, 0.4) is 0 Å². The number of halogens is 3. The summed E-state index contributed by atoms with van der Waals surface area (Å²) in [5, 5.41) is 22.9. The minimum absolute atomic E-state index is 0. The quantitative estimate of drug-likeness (QED) is 0.0812. The number of hydrogen-bond acceptors (Lipinski definition) is 12. The van der Waals surface area contributed by atoms with Crippen LogP contribution in [0.1, 0.15) is 38.2 Å². The average molecular weight is 987 g/mol. The van der Waals surface area contributed by atoms with Crippen LogP contribution in [0, 0.1) is 23.7 Å². The van der Waals surface area contributed by atoms with Gasteiger partial charge in [0.1, 0.15) is 21.1 Å². The minimum atomic E-state index is -3.97. The van der Waals surface area contributed by atoms with Crippen LogP contribution in [0.2, 0.25) is 10.0 Å². The summed E-state index contributed by atoms with van der Waals surface area (Å²) in [6, 6.07) is 31.3. The fraction of sp³-hybridized carbons (Fsp3) is 0.375. The zero-order valence-electron chi connectivity index (χ0n) is 39.5. The number of benzene rings is 4. The smallest absolute Gasteiger partial charge is 1.00 e. The molecule has 0 radical (unpaired) electrons. The Labute approximate surface area is 423 Å². The molecule has 350 valence electrons. The Kier molecular flexibility index (Phi) is 15.8. The van der Waals surface area contributed by atoms with E-state index in [1.54, 1.807) is 12.4 Å². The molecule has 19 heteroatoms. The topological polar surface area (TPSA) is 175 Å². The van der Waals surface area contributed by atoms with Gasteiger partial charge in [0.05, 0.1) is 48.5 Å². The summed E-state index contributed by atoms with van der Waals surface area (Å²) < 4.78 is 48.7. The fourth-order valence-electron chi connectivity index (χ4n) is 9.29. The Hall–Kier alpha value is -4.36. The van der Waals surface area contributed by atoms with Crippen molar-refractivity contribution in [3.63, 3.8) is 0 Å². The molecule has 4 saturated carbocycles. The van der Waals surface area contributed by atoms with Gasteiger partial charge in [-0.05, 0) is 109 Å². The fourth-order valence-corrected chi connectivity index (χ4v) is 9.85. The number of alkyl halides is 1. The van der Waals surface area contributed by atoms with E-state index in [1.807, 2.05) is 109 Å². The number of hydrogen-bond donors (Lipinski definition) is 2. The van der Waals surface area contributed by atoms with E-state index >= 15 is 0 Å². The molecule has 0 bridgehead atoms. The molecule has 2 amide bonds. The second-order valence-electron chi connectivity index (χ2n) is 17.6. The van der Waals surface area contributed by atoms with Crippen LogP contribution in [0.15, 0.2) is 109 Å². The molecule has 14 nitrogen and oxygen atoms in total. The number of amides is 2. The molecular formula is C48H52Cl2FN6NaO8S. The van der Waals surface area contributed by atoms with Crippen molar-refractivity contribution in [1.82, 2.24) is 30.6 Å². The number of ether oxygens (including phenoxy) is 2. The molecule has 2 heterocycles. The molecule has 10 rings (SSSR count). The van der Waals surface area contributed by atoms with Crippen molar-refractivity contribution in [3.8, 4) is 11.5 Å². The van der Waals surface area contributed by atoms with E-state index in [-0.39, 0.29) is 61.0 Å². The zero-order valence-corrected chi connectivity index (χ0v) is 41.8. The monoisotopic (exact) mass is 985 g/mol. The maximum atomic E-state index is 12.7. The molecule has 4 aromatic carbocycles. The largest absolute Gasteiger partial charge is 1.00 e. The van der Waals surface area contributed by atoms with Gasteiger partial charge in [-0.2, -0.15) is 25.3 Å². The van der Waals surface area contributed by atoms with E-state index in [1.165, 1.54) is 0 Å². The second kappa shape index (κ2) is 21.5. The summed E-state index contributed by atoms with van der Waals surface area (Å²) in [5.41, 5.74) is 3.66. The van der Waals surface area contributed by atoms with Crippen molar-refractivity contribution in [1.29, 1.82) is 1.43 Å². The molecule has 4 aliphatic carbocycles. The Balaban J connectivity index is 0.000000186. The third kappa shape index (κ3) is 13.5. The molecule has 0 saturated heterocycles. The molecule has 4 fully saturated rings. The van der Waals surface area contributed by atoms with Crippen LogP contribution in [0.5, 0.6) is 11.5 Å². The van der Waals surface area contributed by atoms with E-state index in [2.05, 4.69) is 39.5 Å². The molecule has 2 N–H and O–H groups in total. The predicted octanol–water partition coefficient (Wildman–Crippen LogP) is 5.38. The molecule has 0 spiro atoms. The third-order valence-electron chi connectivity index (χ3n) is 12.4. The van der Waals surface area contributed by atoms with Gasteiger partial charge in [-0.1, -0.05) is 71.7 Å². The van der Waals surface area contributed by atoms with Crippen LogP contribution >= 0.6 is 23.2 Å². The molecule has 2 aromatic heterocycles. The second-order valence-corrected chi connectivity index (χ2v) is 21.9. The SMILES string of the molecule is CN(C(=O)Cc1ccc(Cl)cc1)C1[C@H]2CC(Oc3cnnc4ccccc34)C[C@@H]12.O=C(Cc1ccc(Cl)cc1)NC1[C@H]2CC(Oc3cnnc4ccccc34)C[C@@H]12.[2H]OS(C)(C)(=O)OOCF.[H-].[Na+]. The standard InChI is InChI=1S/C23H22ClN3O2.C22H20ClN3O2.C3H9FO4S.Na.H/c1-27(22(28)10-14-6-8-15(24)9-7-14)23-18-11-16(12-19(18)23)29-21-13-25-26-20-5-3-2-4-17(20)21;23-14-7-5-13(6-8-14)9-21(27)25-22-17-10-15(11-18(17)22)28-20-12-24-26-19-4-2-1-3-16(19)20;1-9(2,5,6)8-7-3-4;;/h2-9,13,16,18-19,23H,10-12H2,1H3;1-8,12,15,17-18,22H,9-11H2,(H,25,27);3H2,1-2H3,(H,5,6);;/q;;;+1;-1/t16?,18-,19+,23?;15?,17-,18+,22?;;;/i/hD. The minimum Gasteiger partial charge on any atom is -1.00 e. The number of likely N-dealkylation sites (N-methyl/N-ethyl adjacent to an activating group) is 1. The Morgan fingerprint density at radius 2 is 1.24 bits per heavy atom. The summed E-state index contributed by atoms with van der Waals surface area (Å²) in [6.45, 7) is -1.24. The summed E-state index contributed by atoms with van der Waals surface area (Å²) >= 11 is 11.8. The van der Waals surface area contributed by atoms with Crippen molar-refractivity contribution < 1.29 is 72.4 Å². The Morgan fingerprint density at radius 3 is 1.72 bits per heavy atom. The third-order valence-corrected chi connectivity index (χ3v) is 13.3. The number of nitrogens with one attached hydrogen (secondary N) is 1. The first-order valence-electron chi connectivity index (χ1n) is 22.0. The van der Waals surface area contributed by atoms with Crippen LogP contribution in [0.25, 0.3) is 23.2 Å². The summed E-state index contributed by atoms with van der Waals surface area (Å²) in [5.74, 6) is 3.91. The maximum absolute atomic E-state index is 12.7. The summed E-state index contributed by atoms with van der Waals surface area (Å²) in [4.78, 5) is 30.6. The normalized spacial score (nSPS) is 23.8. The van der Waals surface area contributed by atoms with Gasteiger partial charge in [-0.15, -0.1) is 4.33 Å². The number of rotatable bonds is 14. The number of nitrogens with zero attached hydrogens (tertiary/aromatic N) is 5. The van der Waals surface area contributed by atoms with Crippen molar-refractivity contribution in [2.24, 2.45) is 23.7 Å². The van der Waals surface area contributed by atoms with E-state index in [0.717, 1.165) is 82.6 Å². The average Bonchev–Trinajstić information content (AvgIpc) is 4.00. The van der Waals surface area contributed by atoms with Gasteiger partial charge >= 0.3 is 29.6 Å². The first-order valence-corrected chi connectivity index (χ1v) is 25.0. The van der Waals surface area contributed by atoms with Crippen LogP contribution in [-0.4, -0.2) is 96.6 Å². The van der Waals surface area contributed by atoms with Gasteiger partial charge in [0.25, 0.3) is 0 Å². The van der Waals surface area contributed by atoms with Gasteiger partial charge < -0.3 is 25.7 Å². The number of carbonyl (C=O) groups is 2. The molecule has 4 unspecified atom stereocenters. The number of aromatic nitrogens is 4. The van der Waals surface area contributed by atoms with Gasteiger partial charge in [-0.3, -0.25) is 9.59 Å². The van der Waals surface area contributed by atoms with Crippen molar-refractivity contribution in [2.75, 3.05) is 26.4 Å². The maximum Gasteiger partial charge on any atom is 1.00 e. The molecular weight excluding hydrogens is 934 g/mol. The molecule has 67 heavy (non-hydrogen) atoms. The zero-order chi connectivity index (χ0) is 47.3. The van der Waals surface area contributed by atoms with Gasteiger partial charge in [-0.25, -0.2) is 8.60 Å². The van der Waals surface area contributed by atoms with Gasteiger partial charge in [0.15, 0.2) is 0 Å².